The van der Waals surface area contributed by atoms with Gasteiger partial charge in [0.25, 0.3) is 5.69 Å². The highest BCUT2D eigenvalue weighted by Crippen LogP contribution is 2.23. The van der Waals surface area contributed by atoms with Crippen LogP contribution in [0.5, 0.6) is 0 Å². The molecule has 0 spiro atoms. The van der Waals surface area contributed by atoms with Crippen molar-refractivity contribution in [1.82, 2.24) is 5.43 Å². The van der Waals surface area contributed by atoms with E-state index >= 15 is 0 Å². The Morgan fingerprint density at radius 2 is 1.77 bits per heavy atom. The summed E-state index contributed by atoms with van der Waals surface area (Å²) in [5.74, 6) is -0.317. The van der Waals surface area contributed by atoms with E-state index in [9.17, 15) is 20.0 Å². The lowest BCUT2D eigenvalue weighted by molar-refractivity contribution is -0.384. The van der Waals surface area contributed by atoms with Crippen molar-refractivity contribution >= 4 is 17.3 Å². The van der Waals surface area contributed by atoms with Gasteiger partial charge in [-0.15, -0.1) is 0 Å². The Hall–Kier alpha value is -2.15. The fourth-order valence-electron chi connectivity index (χ4n) is 2.38. The molecule has 0 saturated carbocycles. The number of hydrogen-bond acceptors (Lipinski definition) is 5. The summed E-state index contributed by atoms with van der Waals surface area (Å²) in [5.41, 5.74) is 4.72. The lowest BCUT2D eigenvalue weighted by atomic mass is 9.89. The van der Waals surface area contributed by atoms with E-state index in [2.05, 4.69) is 10.9 Å². The summed E-state index contributed by atoms with van der Waals surface area (Å²) in [6.07, 6.45) is 2.78. The zero-order chi connectivity index (χ0) is 16.6. The first-order valence-electron chi connectivity index (χ1n) is 7.42. The Labute approximate surface area is 129 Å². The third-order valence-electron chi connectivity index (χ3n) is 3.34. The zero-order valence-corrected chi connectivity index (χ0v) is 13.0. The number of non-ortho nitro benzene ring substituents is 1. The van der Waals surface area contributed by atoms with Gasteiger partial charge in [0.15, 0.2) is 0 Å². The maximum atomic E-state index is 11.9. The van der Waals surface area contributed by atoms with Crippen molar-refractivity contribution in [3.8, 4) is 0 Å². The van der Waals surface area contributed by atoms with E-state index in [0.717, 1.165) is 12.8 Å². The summed E-state index contributed by atoms with van der Waals surface area (Å²) in [7, 11) is 0. The smallest absolute Gasteiger partial charge is 0.269 e. The molecule has 0 radical (unpaired) electrons. The second kappa shape index (κ2) is 8.33. The molecule has 122 valence electrons. The molecule has 3 N–H and O–H groups in total. The van der Waals surface area contributed by atoms with Crippen molar-refractivity contribution < 1.29 is 14.8 Å². The molecule has 1 aromatic rings. The molecule has 0 atom stereocenters. The Bertz CT molecular complexity index is 496. The van der Waals surface area contributed by atoms with Gasteiger partial charge in [0.1, 0.15) is 0 Å². The van der Waals surface area contributed by atoms with Gasteiger partial charge < -0.3 is 5.11 Å². The Morgan fingerprint density at radius 1 is 1.23 bits per heavy atom. The van der Waals surface area contributed by atoms with Gasteiger partial charge >= 0.3 is 0 Å². The lowest BCUT2D eigenvalue weighted by Gasteiger charge is -2.26. The molecule has 1 amide bonds. The largest absolute Gasteiger partial charge is 0.389 e. The minimum Gasteiger partial charge on any atom is -0.389 e. The van der Waals surface area contributed by atoms with Crippen LogP contribution in [-0.2, 0) is 4.79 Å². The fourth-order valence-corrected chi connectivity index (χ4v) is 2.38. The van der Waals surface area contributed by atoms with Crippen LogP contribution in [0.15, 0.2) is 24.3 Å². The average Bonchev–Trinajstić information content (AvgIpc) is 2.45. The molecule has 7 nitrogen and oxygen atoms in total. The quantitative estimate of drug-likeness (QED) is 0.480. The van der Waals surface area contributed by atoms with Crippen molar-refractivity contribution in [2.24, 2.45) is 0 Å². The number of carbonyl (C=O) groups is 1. The van der Waals surface area contributed by atoms with Crippen molar-refractivity contribution in [2.75, 3.05) is 5.43 Å². The molecular weight excluding hydrogens is 286 g/mol. The summed E-state index contributed by atoms with van der Waals surface area (Å²) >= 11 is 0. The van der Waals surface area contributed by atoms with Crippen LogP contribution in [0, 0.1) is 10.1 Å². The number of nitro groups is 1. The molecule has 0 aliphatic heterocycles. The number of hydrazine groups is 1. The van der Waals surface area contributed by atoms with Crippen LogP contribution in [0.3, 0.4) is 0 Å². The average molecular weight is 309 g/mol. The van der Waals surface area contributed by atoms with Gasteiger partial charge in [-0.2, -0.15) is 0 Å². The topological polar surface area (TPSA) is 104 Å². The van der Waals surface area contributed by atoms with Crippen molar-refractivity contribution in [3.63, 3.8) is 0 Å². The maximum absolute atomic E-state index is 11.9. The van der Waals surface area contributed by atoms with Crippen LogP contribution in [0.2, 0.25) is 0 Å². The Morgan fingerprint density at radius 3 is 2.23 bits per heavy atom. The van der Waals surface area contributed by atoms with Crippen molar-refractivity contribution in [3.05, 3.63) is 34.4 Å². The Kier molecular flexibility index (Phi) is 6.78. The number of nitrogens with one attached hydrogen (secondary N) is 2. The standard InChI is InChI=1S/C15H23N3O4/c1-3-9-15(20,10-4-2)11-14(19)17-16-12-5-7-13(8-6-12)18(21)22/h5-8,16,20H,3-4,9-11H2,1-2H3,(H,17,19). The third kappa shape index (κ3) is 5.69. The van der Waals surface area contributed by atoms with E-state index in [-0.39, 0.29) is 18.0 Å². The maximum Gasteiger partial charge on any atom is 0.269 e. The van der Waals surface area contributed by atoms with Gasteiger partial charge in [0, 0.05) is 12.1 Å². The van der Waals surface area contributed by atoms with E-state index in [1.807, 2.05) is 13.8 Å². The highest BCUT2D eigenvalue weighted by molar-refractivity contribution is 5.78. The molecular formula is C15H23N3O4. The molecule has 1 rings (SSSR count). The minimum atomic E-state index is -0.981. The Balaban J connectivity index is 2.52. The van der Waals surface area contributed by atoms with Crippen LogP contribution in [0.4, 0.5) is 11.4 Å². The highest BCUT2D eigenvalue weighted by atomic mass is 16.6. The second-order valence-corrected chi connectivity index (χ2v) is 5.38. The van der Waals surface area contributed by atoms with E-state index < -0.39 is 10.5 Å². The molecule has 0 bridgehead atoms. The molecule has 0 unspecified atom stereocenters. The number of rotatable bonds is 9. The predicted octanol–water partition coefficient (Wildman–Crippen LogP) is 2.76. The van der Waals surface area contributed by atoms with E-state index in [0.29, 0.717) is 18.5 Å². The molecule has 7 heteroatoms. The van der Waals surface area contributed by atoms with Crippen molar-refractivity contribution in [1.29, 1.82) is 0 Å². The normalized spacial score (nSPS) is 11.0. The lowest BCUT2D eigenvalue weighted by Crippen LogP contribution is -2.38. The van der Waals surface area contributed by atoms with Gasteiger partial charge in [-0.25, -0.2) is 0 Å². The second-order valence-electron chi connectivity index (χ2n) is 5.38. The number of nitrogens with zero attached hydrogens (tertiary/aromatic N) is 1. The van der Waals surface area contributed by atoms with Crippen LogP contribution in [0.25, 0.3) is 0 Å². The number of anilines is 1. The molecule has 0 aromatic heterocycles. The zero-order valence-electron chi connectivity index (χ0n) is 13.0. The first kappa shape index (κ1) is 17.9. The van der Waals surface area contributed by atoms with Gasteiger partial charge in [-0.1, -0.05) is 26.7 Å². The molecule has 1 aromatic carbocycles. The van der Waals surface area contributed by atoms with Crippen LogP contribution in [-0.4, -0.2) is 21.5 Å². The highest BCUT2D eigenvalue weighted by Gasteiger charge is 2.28. The van der Waals surface area contributed by atoms with Gasteiger partial charge in [0.05, 0.1) is 22.6 Å². The van der Waals surface area contributed by atoms with E-state index in [4.69, 9.17) is 0 Å². The van der Waals surface area contributed by atoms with Crippen LogP contribution in [0.1, 0.15) is 46.0 Å². The number of amides is 1. The third-order valence-corrected chi connectivity index (χ3v) is 3.34. The molecule has 0 aliphatic carbocycles. The van der Waals surface area contributed by atoms with Gasteiger partial charge in [0.2, 0.25) is 5.91 Å². The molecule has 0 fully saturated rings. The molecule has 0 saturated heterocycles. The number of carbonyl (C=O) groups excluding carboxylic acids is 1. The summed E-state index contributed by atoms with van der Waals surface area (Å²) in [6, 6.07) is 5.70. The summed E-state index contributed by atoms with van der Waals surface area (Å²) < 4.78 is 0. The summed E-state index contributed by atoms with van der Waals surface area (Å²) in [4.78, 5) is 22.0. The van der Waals surface area contributed by atoms with Gasteiger partial charge in [-0.05, 0) is 25.0 Å². The fraction of sp³-hybridized carbons (Fsp3) is 0.533. The first-order valence-corrected chi connectivity index (χ1v) is 7.42. The summed E-state index contributed by atoms with van der Waals surface area (Å²) in [6.45, 7) is 3.93. The number of benzene rings is 1. The van der Waals surface area contributed by atoms with Crippen LogP contribution >= 0.6 is 0 Å². The predicted molar refractivity (Wildman–Crippen MR) is 84.2 cm³/mol. The molecule has 0 aliphatic rings. The van der Waals surface area contributed by atoms with Gasteiger partial charge in [-0.3, -0.25) is 25.8 Å². The van der Waals surface area contributed by atoms with E-state index in [1.54, 1.807) is 0 Å². The van der Waals surface area contributed by atoms with Crippen molar-refractivity contribution in [2.45, 2.75) is 51.6 Å². The van der Waals surface area contributed by atoms with Crippen LogP contribution < -0.4 is 10.9 Å². The summed E-state index contributed by atoms with van der Waals surface area (Å²) in [5, 5.41) is 21.0. The number of hydrogen-bond donors (Lipinski definition) is 3. The first-order chi connectivity index (χ1) is 10.4. The monoisotopic (exact) mass is 309 g/mol. The molecule has 22 heavy (non-hydrogen) atoms. The minimum absolute atomic E-state index is 0.0165. The number of aliphatic hydroxyl groups is 1. The SMILES string of the molecule is CCCC(O)(CCC)CC(=O)NNc1ccc([N+](=O)[O-])cc1. The number of nitro benzene ring substituents is 1. The van der Waals surface area contributed by atoms with E-state index in [1.165, 1.54) is 24.3 Å². The molecule has 0 heterocycles.